The van der Waals surface area contributed by atoms with Gasteiger partial charge in [0.25, 0.3) is 0 Å². The van der Waals surface area contributed by atoms with Crippen LogP contribution in [-0.2, 0) is 39.7 Å². The highest BCUT2D eigenvalue weighted by Crippen LogP contribution is 2.07. The quantitative estimate of drug-likeness (QED) is 0.151. The Morgan fingerprint density at radius 3 is 2.27 bits per heavy atom. The highest BCUT2D eigenvalue weighted by atomic mass is 31.0. The molecule has 0 aliphatic carbocycles. The third-order valence-corrected chi connectivity index (χ3v) is 5.91. The van der Waals surface area contributed by atoms with Crippen LogP contribution in [0.2, 0.25) is 0 Å². The molecule has 204 valence electrons. The van der Waals surface area contributed by atoms with Crippen LogP contribution in [0.1, 0.15) is 24.8 Å². The monoisotopic (exact) mass is 575 g/mol. The second kappa shape index (κ2) is 16.9. The molecule has 0 saturated carbocycles. The smallest absolute Gasteiger partial charge is 0.307 e. The topological polar surface area (TPSA) is 202 Å². The molecule has 0 radical (unpaired) electrons. The fraction of sp³-hybridized carbons (Fsp3) is 0.450. The van der Waals surface area contributed by atoms with Gasteiger partial charge in [0, 0.05) is 32.3 Å². The van der Waals surface area contributed by atoms with E-state index in [9.17, 15) is 28.8 Å². The summed E-state index contributed by atoms with van der Waals surface area (Å²) in [6.45, 7) is -0.273. The van der Waals surface area contributed by atoms with Gasteiger partial charge < -0.3 is 36.0 Å². The van der Waals surface area contributed by atoms with Gasteiger partial charge in [0.15, 0.2) is 0 Å². The van der Waals surface area contributed by atoms with Crippen LogP contribution in [0.3, 0.4) is 0 Å². The lowest BCUT2D eigenvalue weighted by atomic mass is 10.0. The van der Waals surface area contributed by atoms with Crippen LogP contribution in [0.25, 0.3) is 0 Å². The molecule has 1 heterocycles. The molecule has 0 aliphatic rings. The lowest BCUT2D eigenvalue weighted by Gasteiger charge is -2.26. The van der Waals surface area contributed by atoms with Gasteiger partial charge in [-0.25, -0.2) is 0 Å². The molecule has 0 bridgehead atoms. The third-order valence-electron chi connectivity index (χ3n) is 5.01. The number of nitrogens with zero attached hydrogens (tertiary/aromatic N) is 2. The Bertz CT molecular complexity index is 971. The molecule has 0 aromatic carbocycles. The van der Waals surface area contributed by atoms with Gasteiger partial charge in [0.05, 0.1) is 28.5 Å². The van der Waals surface area contributed by atoms with Crippen LogP contribution >= 0.6 is 28.2 Å². The molecule has 6 N–H and O–H groups in total. The van der Waals surface area contributed by atoms with Gasteiger partial charge in [-0.1, -0.05) is 6.07 Å². The lowest BCUT2D eigenvalue weighted by molar-refractivity contribution is -0.139. The number of nitrogens with two attached hydrogens (primary N) is 1. The lowest BCUT2D eigenvalue weighted by Crippen LogP contribution is -2.57. The summed E-state index contributed by atoms with van der Waals surface area (Å²) in [7, 11) is 7.21. The molecule has 6 atom stereocenters. The van der Waals surface area contributed by atoms with Crippen LogP contribution in [0, 0.1) is 0 Å². The van der Waals surface area contributed by atoms with Crippen molar-refractivity contribution in [1.82, 2.24) is 30.7 Å². The predicted molar refractivity (Wildman–Crippen MR) is 143 cm³/mol. The first-order valence-electron chi connectivity index (χ1n) is 10.9. The van der Waals surface area contributed by atoms with Crippen LogP contribution in [0.4, 0.5) is 0 Å². The van der Waals surface area contributed by atoms with E-state index in [2.05, 4.69) is 30.3 Å². The van der Waals surface area contributed by atoms with Gasteiger partial charge >= 0.3 is 5.97 Å². The van der Waals surface area contributed by atoms with Crippen LogP contribution in [0.15, 0.2) is 24.5 Å². The van der Waals surface area contributed by atoms with Gasteiger partial charge in [-0.05, 0) is 36.8 Å². The van der Waals surface area contributed by atoms with Gasteiger partial charge in [-0.3, -0.25) is 33.8 Å². The maximum atomic E-state index is 13.2. The average molecular weight is 575 g/mol. The van der Waals surface area contributed by atoms with E-state index < -0.39 is 60.1 Å². The molecule has 17 heteroatoms. The molecule has 0 fully saturated rings. The SMILES string of the molecule is CN(CC(=O)NP)C(=O)[C@H](Cc1cccnc1)NC(=O)[C@H](CC(=O)NP)NC(=O)[C@@H](N)CCC(=O)OP. The zero-order valence-electron chi connectivity index (χ0n) is 20.1. The van der Waals surface area contributed by atoms with Crippen LogP contribution in [0.5, 0.6) is 0 Å². The standard InChI is InChI=1S/C20H32N7O7P3/c1-27(10-16(29)26-36)20(33)14(7-11-3-2-6-22-9-11)24-19(32)13(8-15(28)25-35)23-18(31)12(21)4-5-17(30)34-37/h2-3,6,9,12-14H,4-5,7-8,10,21,35-37H2,1H3,(H,23,31)(H,24,32)(H,25,28)(H,26,29)/t12-,13-,14-/m0/s1. The summed E-state index contributed by atoms with van der Waals surface area (Å²) in [4.78, 5) is 79.0. The third kappa shape index (κ3) is 11.9. The first-order chi connectivity index (χ1) is 17.5. The first kappa shape index (κ1) is 32.2. The average Bonchev–Trinajstić information content (AvgIpc) is 2.90. The summed E-state index contributed by atoms with van der Waals surface area (Å²) in [5, 5.41) is 9.57. The molecular formula is C20H32N7O7P3. The number of hydrogen-bond acceptors (Lipinski definition) is 9. The van der Waals surface area contributed by atoms with E-state index >= 15 is 0 Å². The maximum Gasteiger partial charge on any atom is 0.307 e. The van der Waals surface area contributed by atoms with Gasteiger partial charge in [-0.15, -0.1) is 0 Å². The van der Waals surface area contributed by atoms with Gasteiger partial charge in [-0.2, -0.15) is 0 Å². The Kier molecular flexibility index (Phi) is 14.7. The predicted octanol–water partition coefficient (Wildman–Crippen LogP) is -2.30. The number of rotatable bonds is 14. The Morgan fingerprint density at radius 2 is 1.70 bits per heavy atom. The number of hydrogen-bond donors (Lipinski definition) is 5. The van der Waals surface area contributed by atoms with Crippen molar-refractivity contribution in [2.45, 2.75) is 43.8 Å². The first-order valence-corrected chi connectivity index (χ1v) is 12.5. The Morgan fingerprint density at radius 1 is 1.05 bits per heavy atom. The molecule has 0 saturated heterocycles. The Hall–Kier alpha value is -2.78. The molecular weight excluding hydrogens is 543 g/mol. The number of pyridine rings is 1. The Labute approximate surface area is 221 Å². The molecule has 3 unspecified atom stereocenters. The maximum absolute atomic E-state index is 13.2. The molecule has 37 heavy (non-hydrogen) atoms. The van der Waals surface area contributed by atoms with Crippen molar-refractivity contribution in [3.8, 4) is 0 Å². The minimum Gasteiger partial charge on any atom is -0.452 e. The van der Waals surface area contributed by atoms with Gasteiger partial charge in [0.1, 0.15) is 12.1 Å². The number of carbonyl (C=O) groups excluding carboxylic acids is 6. The summed E-state index contributed by atoms with van der Waals surface area (Å²) in [6, 6.07) is -0.345. The van der Waals surface area contributed by atoms with E-state index in [0.717, 1.165) is 4.90 Å². The fourth-order valence-corrected chi connectivity index (χ4v) is 3.35. The van der Waals surface area contributed by atoms with E-state index in [-0.39, 0.29) is 25.8 Å². The number of likely N-dealkylation sites (N-methyl/N-ethyl adjacent to an activating group) is 1. The van der Waals surface area contributed by atoms with E-state index in [0.29, 0.717) is 5.56 Å². The number of aromatic nitrogens is 1. The van der Waals surface area contributed by atoms with Crippen molar-refractivity contribution in [1.29, 1.82) is 0 Å². The van der Waals surface area contributed by atoms with Crippen molar-refractivity contribution < 1.29 is 33.3 Å². The minimum atomic E-state index is -1.39. The minimum absolute atomic E-state index is 0.0262. The number of carbonyl (C=O) groups is 6. The number of amides is 5. The Balaban J connectivity index is 3.09. The number of nitrogens with one attached hydrogen (secondary N) is 4. The van der Waals surface area contributed by atoms with Crippen molar-refractivity contribution in [3.63, 3.8) is 0 Å². The van der Waals surface area contributed by atoms with Crippen molar-refractivity contribution in [3.05, 3.63) is 30.1 Å². The summed E-state index contributed by atoms with van der Waals surface area (Å²) in [5.74, 6) is -3.83. The molecule has 5 amide bonds. The van der Waals surface area contributed by atoms with E-state index in [4.69, 9.17) is 5.73 Å². The highest BCUT2D eigenvalue weighted by molar-refractivity contribution is 7.15. The zero-order valence-corrected chi connectivity index (χ0v) is 23.6. The van der Waals surface area contributed by atoms with Crippen LogP contribution in [-0.4, -0.2) is 77.1 Å². The second-order valence-corrected chi connectivity index (χ2v) is 8.67. The van der Waals surface area contributed by atoms with E-state index in [1.54, 1.807) is 27.8 Å². The summed E-state index contributed by atoms with van der Waals surface area (Å²) >= 11 is 0. The van der Waals surface area contributed by atoms with Crippen molar-refractivity contribution in [2.75, 3.05) is 13.6 Å². The largest absolute Gasteiger partial charge is 0.452 e. The molecule has 1 aromatic heterocycles. The molecule has 1 aromatic rings. The summed E-state index contributed by atoms with van der Waals surface area (Å²) in [6.07, 6.45) is 2.43. The second-order valence-electron chi connectivity index (χ2n) is 7.86. The molecule has 0 aliphatic heterocycles. The van der Waals surface area contributed by atoms with Crippen LogP contribution < -0.4 is 26.5 Å². The molecule has 1 rings (SSSR count). The van der Waals surface area contributed by atoms with E-state index in [1.165, 1.54) is 13.2 Å². The van der Waals surface area contributed by atoms with Crippen molar-refractivity contribution >= 4 is 63.8 Å². The normalized spacial score (nSPS) is 12.8. The highest BCUT2D eigenvalue weighted by Gasteiger charge is 2.31. The zero-order chi connectivity index (χ0) is 28.0. The summed E-state index contributed by atoms with van der Waals surface area (Å²) in [5.41, 5.74) is 6.43. The van der Waals surface area contributed by atoms with Crippen molar-refractivity contribution in [2.24, 2.45) is 5.73 Å². The van der Waals surface area contributed by atoms with Gasteiger partial charge in [0.2, 0.25) is 29.5 Å². The fourth-order valence-electron chi connectivity index (χ4n) is 3.03. The molecule has 0 spiro atoms. The summed E-state index contributed by atoms with van der Waals surface area (Å²) < 4.78 is 4.44. The molecule has 14 nitrogen and oxygen atoms in total. The van der Waals surface area contributed by atoms with E-state index in [1.807, 2.05) is 18.8 Å².